The Bertz CT molecular complexity index is 524. The van der Waals surface area contributed by atoms with Gasteiger partial charge in [-0.25, -0.2) is 0 Å². The van der Waals surface area contributed by atoms with Crippen molar-refractivity contribution in [2.24, 2.45) is 0 Å². The Balaban J connectivity index is 2.38. The van der Waals surface area contributed by atoms with E-state index >= 15 is 0 Å². The maximum absolute atomic E-state index is 11.7. The average molecular weight is 311 g/mol. The fourth-order valence-electron chi connectivity index (χ4n) is 1.64. The van der Waals surface area contributed by atoms with E-state index in [-0.39, 0.29) is 13.0 Å². The van der Waals surface area contributed by atoms with Crippen LogP contribution in [-0.4, -0.2) is 58.2 Å². The van der Waals surface area contributed by atoms with Crippen molar-refractivity contribution in [3.05, 3.63) is 12.2 Å². The monoisotopic (exact) mass is 311 g/mol. The van der Waals surface area contributed by atoms with Gasteiger partial charge in [0.2, 0.25) is 11.8 Å². The summed E-state index contributed by atoms with van der Waals surface area (Å²) < 4.78 is 0. The van der Waals surface area contributed by atoms with E-state index in [0.717, 1.165) is 17.1 Å². The van der Waals surface area contributed by atoms with Gasteiger partial charge in [-0.05, 0) is 13.8 Å². The van der Waals surface area contributed by atoms with Gasteiger partial charge in [-0.15, -0.1) is 0 Å². The van der Waals surface area contributed by atoms with E-state index in [9.17, 15) is 24.0 Å². The molecule has 0 bridgehead atoms. The van der Waals surface area contributed by atoms with Crippen molar-refractivity contribution in [2.45, 2.75) is 32.4 Å². The topological polar surface area (TPSA) is 133 Å². The molecule has 0 fully saturated rings. The molecule has 0 saturated heterocycles. The summed E-state index contributed by atoms with van der Waals surface area (Å²) in [5.74, 6) is -3.33. The van der Waals surface area contributed by atoms with Crippen LogP contribution in [-0.2, 0) is 24.0 Å². The van der Waals surface area contributed by atoms with Gasteiger partial charge in [-0.3, -0.25) is 28.9 Å². The van der Waals surface area contributed by atoms with Crippen LogP contribution in [0.1, 0.15) is 20.3 Å². The number of imide groups is 1. The van der Waals surface area contributed by atoms with Crippen molar-refractivity contribution in [3.63, 3.8) is 0 Å². The van der Waals surface area contributed by atoms with Crippen molar-refractivity contribution in [1.29, 1.82) is 0 Å². The van der Waals surface area contributed by atoms with Gasteiger partial charge in [0, 0.05) is 25.1 Å². The molecule has 0 radical (unpaired) electrons. The van der Waals surface area contributed by atoms with Gasteiger partial charge in [0.1, 0.15) is 12.1 Å². The number of hydrogen-bond acceptors (Lipinski definition) is 5. The third kappa shape index (κ3) is 4.69. The van der Waals surface area contributed by atoms with Gasteiger partial charge in [0.25, 0.3) is 11.8 Å². The second-order valence-electron chi connectivity index (χ2n) is 4.77. The lowest BCUT2D eigenvalue weighted by Gasteiger charge is -2.17. The zero-order chi connectivity index (χ0) is 16.9. The fraction of sp³-hybridized carbons (Fsp3) is 0.462. The first kappa shape index (κ1) is 17.3. The fourth-order valence-corrected chi connectivity index (χ4v) is 1.64. The largest absolute Gasteiger partial charge is 0.480 e. The minimum Gasteiger partial charge on any atom is -0.480 e. The molecule has 4 amide bonds. The van der Waals surface area contributed by atoms with E-state index < -0.39 is 41.7 Å². The molecule has 1 aliphatic heterocycles. The van der Waals surface area contributed by atoms with Crippen LogP contribution in [0, 0.1) is 0 Å². The zero-order valence-electron chi connectivity index (χ0n) is 12.2. The van der Waals surface area contributed by atoms with Crippen molar-refractivity contribution in [1.82, 2.24) is 15.5 Å². The number of aliphatic carboxylic acids is 1. The first-order valence-electron chi connectivity index (χ1n) is 6.58. The van der Waals surface area contributed by atoms with Crippen molar-refractivity contribution < 1.29 is 29.1 Å². The van der Waals surface area contributed by atoms with E-state index in [4.69, 9.17) is 5.11 Å². The van der Waals surface area contributed by atoms with Crippen LogP contribution in [0.25, 0.3) is 0 Å². The highest BCUT2D eigenvalue weighted by Gasteiger charge is 2.25. The molecular weight excluding hydrogens is 294 g/mol. The number of amides is 4. The summed E-state index contributed by atoms with van der Waals surface area (Å²) in [6.07, 6.45) is 2.08. The smallest absolute Gasteiger partial charge is 0.325 e. The highest BCUT2D eigenvalue weighted by Crippen LogP contribution is 2.04. The Morgan fingerprint density at radius 1 is 1.09 bits per heavy atom. The predicted octanol–water partition coefficient (Wildman–Crippen LogP) is -1.60. The summed E-state index contributed by atoms with van der Waals surface area (Å²) in [6, 6.07) is -2.00. The number of rotatable bonds is 7. The Morgan fingerprint density at radius 2 is 1.64 bits per heavy atom. The molecule has 1 rings (SSSR count). The third-order valence-electron chi connectivity index (χ3n) is 2.96. The van der Waals surface area contributed by atoms with E-state index in [1.54, 1.807) is 0 Å². The normalized spacial score (nSPS) is 16.4. The van der Waals surface area contributed by atoms with E-state index in [1.165, 1.54) is 13.8 Å². The van der Waals surface area contributed by atoms with Crippen LogP contribution in [0.5, 0.6) is 0 Å². The summed E-state index contributed by atoms with van der Waals surface area (Å²) in [7, 11) is 0. The predicted molar refractivity (Wildman–Crippen MR) is 73.3 cm³/mol. The lowest BCUT2D eigenvalue weighted by molar-refractivity contribution is -0.141. The van der Waals surface area contributed by atoms with Crippen LogP contribution in [0.2, 0.25) is 0 Å². The molecule has 3 N–H and O–H groups in total. The van der Waals surface area contributed by atoms with Gasteiger partial charge in [-0.1, -0.05) is 0 Å². The molecule has 0 saturated carbocycles. The highest BCUT2D eigenvalue weighted by molar-refractivity contribution is 6.13. The number of carboxylic acids is 1. The molecule has 1 aliphatic rings. The summed E-state index contributed by atoms with van der Waals surface area (Å²) in [6.45, 7) is 2.61. The summed E-state index contributed by atoms with van der Waals surface area (Å²) >= 11 is 0. The van der Waals surface area contributed by atoms with Gasteiger partial charge in [-0.2, -0.15) is 0 Å². The molecule has 22 heavy (non-hydrogen) atoms. The van der Waals surface area contributed by atoms with Gasteiger partial charge in [0.15, 0.2) is 0 Å². The minimum absolute atomic E-state index is 0.0869. The molecule has 9 nitrogen and oxygen atoms in total. The molecule has 120 valence electrons. The second-order valence-corrected chi connectivity index (χ2v) is 4.77. The highest BCUT2D eigenvalue weighted by atomic mass is 16.4. The van der Waals surface area contributed by atoms with Crippen molar-refractivity contribution in [2.75, 3.05) is 6.54 Å². The maximum Gasteiger partial charge on any atom is 0.325 e. The molecule has 1 heterocycles. The van der Waals surface area contributed by atoms with E-state index in [0.29, 0.717) is 0 Å². The third-order valence-corrected chi connectivity index (χ3v) is 2.96. The lowest BCUT2D eigenvalue weighted by Crippen LogP contribution is -2.49. The van der Waals surface area contributed by atoms with Crippen LogP contribution in [0.15, 0.2) is 12.2 Å². The zero-order valence-corrected chi connectivity index (χ0v) is 12.2. The SMILES string of the molecule is CC(NC(=O)C(C)NC(=O)CCN1C(=O)C=CC1=O)C(=O)O. The Labute approximate surface area is 126 Å². The summed E-state index contributed by atoms with van der Waals surface area (Å²) in [4.78, 5) is 57.4. The van der Waals surface area contributed by atoms with Crippen LogP contribution >= 0.6 is 0 Å². The molecular formula is C13H17N3O6. The van der Waals surface area contributed by atoms with Crippen molar-refractivity contribution >= 4 is 29.6 Å². The molecule has 0 aromatic carbocycles. The Hall–Kier alpha value is -2.71. The summed E-state index contributed by atoms with van der Waals surface area (Å²) in [5, 5.41) is 13.3. The second kappa shape index (κ2) is 7.34. The number of nitrogens with one attached hydrogen (secondary N) is 2. The maximum atomic E-state index is 11.7. The molecule has 0 aliphatic carbocycles. The first-order chi connectivity index (χ1) is 10.2. The van der Waals surface area contributed by atoms with Crippen LogP contribution in [0.4, 0.5) is 0 Å². The molecule has 0 aromatic rings. The average Bonchev–Trinajstić information content (AvgIpc) is 2.75. The Kier molecular flexibility index (Phi) is 5.79. The van der Waals surface area contributed by atoms with Crippen LogP contribution in [0.3, 0.4) is 0 Å². The van der Waals surface area contributed by atoms with Crippen molar-refractivity contribution in [3.8, 4) is 0 Å². The molecule has 2 unspecified atom stereocenters. The number of carbonyl (C=O) groups excluding carboxylic acids is 4. The number of hydrogen-bond donors (Lipinski definition) is 3. The molecule has 0 spiro atoms. The standard InChI is InChI=1S/C13H17N3O6/c1-7(12(20)15-8(2)13(21)22)14-9(17)5-6-16-10(18)3-4-11(16)19/h3-4,7-8H,5-6H2,1-2H3,(H,14,17)(H,15,20)(H,21,22). The first-order valence-corrected chi connectivity index (χ1v) is 6.58. The van der Waals surface area contributed by atoms with Gasteiger partial charge in [0.05, 0.1) is 0 Å². The lowest BCUT2D eigenvalue weighted by atomic mass is 10.2. The van der Waals surface area contributed by atoms with Gasteiger partial charge >= 0.3 is 5.97 Å². The summed E-state index contributed by atoms with van der Waals surface area (Å²) in [5.41, 5.74) is 0. The van der Waals surface area contributed by atoms with E-state index in [1.807, 2.05) is 0 Å². The number of carboxylic acid groups (broad SMARTS) is 1. The van der Waals surface area contributed by atoms with E-state index in [2.05, 4.69) is 10.6 Å². The molecule has 0 aromatic heterocycles. The minimum atomic E-state index is -1.19. The molecule has 2 atom stereocenters. The Morgan fingerprint density at radius 3 is 2.14 bits per heavy atom. The quantitative estimate of drug-likeness (QED) is 0.485. The van der Waals surface area contributed by atoms with Crippen LogP contribution < -0.4 is 10.6 Å². The van der Waals surface area contributed by atoms with Gasteiger partial charge < -0.3 is 15.7 Å². The number of carbonyl (C=O) groups is 5. The number of nitrogens with zero attached hydrogens (tertiary/aromatic N) is 1. The molecule has 9 heteroatoms.